The summed E-state index contributed by atoms with van der Waals surface area (Å²) in [4.78, 5) is 0. The summed E-state index contributed by atoms with van der Waals surface area (Å²) in [6.07, 6.45) is 0.677. The molecular formula is C11H12F4O3Si. The lowest BCUT2D eigenvalue weighted by atomic mass is 10.2. The summed E-state index contributed by atoms with van der Waals surface area (Å²) in [6, 6.07) is 0. The van der Waals surface area contributed by atoms with Crippen LogP contribution in [0.25, 0.3) is 6.08 Å². The molecule has 0 unspecified atom stereocenters. The van der Waals surface area contributed by atoms with E-state index in [4.69, 9.17) is 13.3 Å². The third kappa shape index (κ3) is 2.32. The molecule has 3 nitrogen and oxygen atoms in total. The van der Waals surface area contributed by atoms with E-state index < -0.39 is 42.8 Å². The Morgan fingerprint density at radius 1 is 0.842 bits per heavy atom. The quantitative estimate of drug-likeness (QED) is 0.472. The van der Waals surface area contributed by atoms with E-state index in [0.29, 0.717) is 6.08 Å². The second-order valence-corrected chi connectivity index (χ2v) is 6.25. The fraction of sp³-hybridized carbons (Fsp3) is 0.273. The van der Waals surface area contributed by atoms with Crippen LogP contribution in [0.4, 0.5) is 17.6 Å². The van der Waals surface area contributed by atoms with Gasteiger partial charge < -0.3 is 13.3 Å². The molecule has 0 aliphatic rings. The maximum Gasteiger partial charge on any atom is 0.542 e. The van der Waals surface area contributed by atoms with Crippen LogP contribution in [0, 0.1) is 23.3 Å². The van der Waals surface area contributed by atoms with Crippen LogP contribution in [0.2, 0.25) is 0 Å². The Hall–Kier alpha value is -1.22. The van der Waals surface area contributed by atoms with Gasteiger partial charge >= 0.3 is 8.80 Å². The Morgan fingerprint density at radius 3 is 1.47 bits per heavy atom. The Kier molecular flexibility index (Phi) is 4.85. The topological polar surface area (TPSA) is 27.7 Å². The molecule has 0 saturated carbocycles. The molecule has 0 aromatic heterocycles. The van der Waals surface area contributed by atoms with Gasteiger partial charge in [0.2, 0.25) is 0 Å². The molecule has 19 heavy (non-hydrogen) atoms. The van der Waals surface area contributed by atoms with E-state index in [-0.39, 0.29) is 0 Å². The maximum atomic E-state index is 13.9. The number of hydrogen-bond acceptors (Lipinski definition) is 3. The SMILES string of the molecule is C=Cc1c(F)c(F)c([Si](OC)(OC)OC)c(F)c1F. The van der Waals surface area contributed by atoms with Gasteiger partial charge in [0.1, 0.15) is 0 Å². The first kappa shape index (κ1) is 15.8. The zero-order valence-corrected chi connectivity index (χ0v) is 11.5. The first-order valence-corrected chi connectivity index (χ1v) is 6.76. The number of hydrogen-bond donors (Lipinski definition) is 0. The highest BCUT2D eigenvalue weighted by molar-refractivity contribution is 6.75. The van der Waals surface area contributed by atoms with Crippen LogP contribution in [0.1, 0.15) is 5.56 Å². The first-order valence-electron chi connectivity index (χ1n) is 5.04. The third-order valence-electron chi connectivity index (χ3n) is 2.61. The predicted octanol–water partition coefficient (Wildman–Crippen LogP) is 1.97. The fourth-order valence-corrected chi connectivity index (χ4v) is 3.52. The van der Waals surface area contributed by atoms with Gasteiger partial charge in [-0.25, -0.2) is 17.6 Å². The smallest absolute Gasteiger partial charge is 0.373 e. The van der Waals surface area contributed by atoms with Crippen LogP contribution >= 0.6 is 0 Å². The van der Waals surface area contributed by atoms with Crippen LogP contribution in [0.5, 0.6) is 0 Å². The molecule has 0 heterocycles. The van der Waals surface area contributed by atoms with Gasteiger partial charge in [0.25, 0.3) is 0 Å². The van der Waals surface area contributed by atoms with Gasteiger partial charge in [0, 0.05) is 21.3 Å². The van der Waals surface area contributed by atoms with Gasteiger partial charge in [-0.05, 0) is 0 Å². The molecule has 0 saturated heterocycles. The molecule has 8 heteroatoms. The third-order valence-corrected chi connectivity index (χ3v) is 5.28. The van der Waals surface area contributed by atoms with Gasteiger partial charge in [-0.1, -0.05) is 12.7 Å². The van der Waals surface area contributed by atoms with Crippen LogP contribution in [0.15, 0.2) is 6.58 Å². The van der Waals surface area contributed by atoms with Crippen molar-refractivity contribution in [3.63, 3.8) is 0 Å². The van der Waals surface area contributed by atoms with Crippen LogP contribution < -0.4 is 5.19 Å². The van der Waals surface area contributed by atoms with Crippen molar-refractivity contribution in [2.75, 3.05) is 21.3 Å². The second kappa shape index (κ2) is 5.82. The number of halogens is 4. The van der Waals surface area contributed by atoms with Crippen molar-refractivity contribution in [1.82, 2.24) is 0 Å². The highest BCUT2D eigenvalue weighted by Gasteiger charge is 2.48. The standard InChI is InChI=1S/C11H12F4O3Si/c1-5-6-7(12)9(14)11(10(15)8(6)13)19(16-2,17-3)18-4/h5H,1H2,2-4H3. The van der Waals surface area contributed by atoms with E-state index >= 15 is 0 Å². The van der Waals surface area contributed by atoms with Gasteiger partial charge in [0.05, 0.1) is 10.8 Å². The normalized spacial score (nSPS) is 11.7. The summed E-state index contributed by atoms with van der Waals surface area (Å²) < 4.78 is 69.6. The molecule has 0 bridgehead atoms. The molecule has 0 radical (unpaired) electrons. The number of benzene rings is 1. The largest absolute Gasteiger partial charge is 0.542 e. The molecule has 0 aliphatic carbocycles. The van der Waals surface area contributed by atoms with E-state index in [2.05, 4.69) is 6.58 Å². The highest BCUT2D eigenvalue weighted by Crippen LogP contribution is 2.22. The van der Waals surface area contributed by atoms with Crippen molar-refractivity contribution in [2.24, 2.45) is 0 Å². The Labute approximate surface area is 108 Å². The predicted molar refractivity (Wildman–Crippen MR) is 62.8 cm³/mol. The van der Waals surface area contributed by atoms with E-state index in [9.17, 15) is 17.6 Å². The monoisotopic (exact) mass is 296 g/mol. The van der Waals surface area contributed by atoms with Crippen molar-refractivity contribution in [3.8, 4) is 0 Å². The molecule has 1 aromatic carbocycles. The Morgan fingerprint density at radius 2 is 1.21 bits per heavy atom. The Bertz CT molecular complexity index is 466. The van der Waals surface area contributed by atoms with Gasteiger partial charge in [-0.2, -0.15) is 0 Å². The van der Waals surface area contributed by atoms with E-state index in [0.717, 1.165) is 21.3 Å². The summed E-state index contributed by atoms with van der Waals surface area (Å²) >= 11 is 0. The average molecular weight is 296 g/mol. The molecule has 0 N–H and O–H groups in total. The summed E-state index contributed by atoms with van der Waals surface area (Å²) in [5.74, 6) is -6.39. The molecule has 1 rings (SSSR count). The lowest BCUT2D eigenvalue weighted by Crippen LogP contribution is -2.58. The molecule has 0 fully saturated rings. The van der Waals surface area contributed by atoms with Gasteiger partial charge in [-0.15, -0.1) is 0 Å². The summed E-state index contributed by atoms with van der Waals surface area (Å²) in [5.41, 5.74) is -0.898. The molecule has 106 valence electrons. The molecule has 1 aromatic rings. The highest BCUT2D eigenvalue weighted by atomic mass is 28.4. The minimum Gasteiger partial charge on any atom is -0.373 e. The number of rotatable bonds is 5. The van der Waals surface area contributed by atoms with Crippen molar-refractivity contribution >= 4 is 20.1 Å². The van der Waals surface area contributed by atoms with Gasteiger partial charge in [0.15, 0.2) is 23.3 Å². The van der Waals surface area contributed by atoms with E-state index in [1.165, 1.54) is 0 Å². The molecule has 0 amide bonds. The van der Waals surface area contributed by atoms with Crippen molar-refractivity contribution in [1.29, 1.82) is 0 Å². The minimum atomic E-state index is -4.05. The first-order chi connectivity index (χ1) is 8.90. The van der Waals surface area contributed by atoms with Crippen LogP contribution in [-0.2, 0) is 13.3 Å². The lowest BCUT2D eigenvalue weighted by Gasteiger charge is -2.25. The summed E-state index contributed by atoms with van der Waals surface area (Å²) in [6.45, 7) is 3.09. The Balaban J connectivity index is 3.75. The lowest BCUT2D eigenvalue weighted by molar-refractivity contribution is 0.138. The molecule has 0 atom stereocenters. The zero-order valence-electron chi connectivity index (χ0n) is 10.5. The molecule has 0 spiro atoms. The maximum absolute atomic E-state index is 13.9. The van der Waals surface area contributed by atoms with Crippen LogP contribution in [-0.4, -0.2) is 30.1 Å². The van der Waals surface area contributed by atoms with Crippen molar-refractivity contribution in [3.05, 3.63) is 35.4 Å². The van der Waals surface area contributed by atoms with Crippen molar-refractivity contribution in [2.45, 2.75) is 0 Å². The summed E-state index contributed by atoms with van der Waals surface area (Å²) in [7, 11) is -0.851. The van der Waals surface area contributed by atoms with Crippen LogP contribution in [0.3, 0.4) is 0 Å². The molecule has 0 aliphatic heterocycles. The van der Waals surface area contributed by atoms with Crippen molar-refractivity contribution < 1.29 is 30.8 Å². The molecular weight excluding hydrogens is 284 g/mol. The van der Waals surface area contributed by atoms with Gasteiger partial charge in [-0.3, -0.25) is 0 Å². The second-order valence-electron chi connectivity index (χ2n) is 3.42. The fourth-order valence-electron chi connectivity index (χ4n) is 1.65. The zero-order chi connectivity index (χ0) is 14.8. The van der Waals surface area contributed by atoms with E-state index in [1.807, 2.05) is 0 Å². The average Bonchev–Trinajstić information content (AvgIpc) is 2.42. The summed E-state index contributed by atoms with van der Waals surface area (Å²) in [5, 5.41) is -1.01. The van der Waals surface area contributed by atoms with E-state index in [1.54, 1.807) is 0 Å². The minimum absolute atomic E-state index is 0.677.